The second kappa shape index (κ2) is 5.80. The van der Waals surface area contributed by atoms with Gasteiger partial charge in [0.2, 0.25) is 0 Å². The van der Waals surface area contributed by atoms with E-state index in [1.165, 1.54) is 0 Å². The van der Waals surface area contributed by atoms with Crippen LogP contribution in [0.1, 0.15) is 19.4 Å². The Balaban J connectivity index is 0.000000686. The number of alkyl halides is 2. The molecule has 0 saturated carbocycles. The van der Waals surface area contributed by atoms with E-state index in [1.54, 1.807) is 17.2 Å². The van der Waals surface area contributed by atoms with E-state index < -0.39 is 12.3 Å². The summed E-state index contributed by atoms with van der Waals surface area (Å²) in [5, 5.41) is 0. The van der Waals surface area contributed by atoms with Gasteiger partial charge in [-0.15, -0.1) is 0 Å². The summed E-state index contributed by atoms with van der Waals surface area (Å²) in [5.41, 5.74) is 7.18. The van der Waals surface area contributed by atoms with E-state index in [1.807, 2.05) is 20.8 Å². The van der Waals surface area contributed by atoms with Crippen molar-refractivity contribution in [2.75, 3.05) is 23.7 Å². The summed E-state index contributed by atoms with van der Waals surface area (Å²) in [6, 6.07) is 1.77. The molecule has 1 saturated heterocycles. The van der Waals surface area contributed by atoms with Gasteiger partial charge in [0.05, 0.1) is 18.8 Å². The first-order valence-electron chi connectivity index (χ1n) is 5.83. The van der Waals surface area contributed by atoms with Crippen molar-refractivity contribution in [3.8, 4) is 0 Å². The third kappa shape index (κ3) is 2.84. The molecule has 1 aliphatic rings. The number of aryl methyl sites for hydroxylation is 1. The average Bonchev–Trinajstić information content (AvgIpc) is 2.66. The van der Waals surface area contributed by atoms with Crippen molar-refractivity contribution in [1.82, 2.24) is 4.98 Å². The molecule has 2 N–H and O–H groups in total. The molecule has 1 fully saturated rings. The Bertz CT molecular complexity index is 361. The van der Waals surface area contributed by atoms with Gasteiger partial charge in [-0.1, -0.05) is 13.8 Å². The fourth-order valence-electron chi connectivity index (χ4n) is 1.70. The molecule has 2 atom stereocenters. The van der Waals surface area contributed by atoms with Crippen molar-refractivity contribution in [2.45, 2.75) is 33.1 Å². The van der Waals surface area contributed by atoms with Gasteiger partial charge in [0.25, 0.3) is 0 Å². The molecule has 1 aromatic heterocycles. The van der Waals surface area contributed by atoms with Gasteiger partial charge in [0.1, 0.15) is 0 Å². The first-order chi connectivity index (χ1) is 8.09. The molecule has 0 aliphatic carbocycles. The summed E-state index contributed by atoms with van der Waals surface area (Å²) in [6.45, 7) is 5.90. The van der Waals surface area contributed by atoms with Crippen LogP contribution in [0.25, 0.3) is 0 Å². The summed E-state index contributed by atoms with van der Waals surface area (Å²) in [4.78, 5) is 5.61. The van der Waals surface area contributed by atoms with E-state index in [0.717, 1.165) is 5.56 Å². The standard InChI is InChI=1S/C10H13F2N3.C2H6/c1-6-2-3-14-10(9(6)13)15-4-7(11)8(12)5-15;1-2/h2-3,7-8H,4-5,13H2,1H3;1-2H3. The van der Waals surface area contributed by atoms with Gasteiger partial charge < -0.3 is 10.6 Å². The van der Waals surface area contributed by atoms with E-state index >= 15 is 0 Å². The van der Waals surface area contributed by atoms with Gasteiger partial charge in [-0.25, -0.2) is 13.8 Å². The van der Waals surface area contributed by atoms with Crippen LogP contribution in [0.15, 0.2) is 12.3 Å². The minimum absolute atomic E-state index is 0.0296. The molecule has 0 spiro atoms. The lowest BCUT2D eigenvalue weighted by atomic mass is 10.2. The van der Waals surface area contributed by atoms with E-state index in [4.69, 9.17) is 5.73 Å². The summed E-state index contributed by atoms with van der Waals surface area (Å²) in [6.07, 6.45) is -1.28. The molecule has 2 heterocycles. The first kappa shape index (κ1) is 13.7. The van der Waals surface area contributed by atoms with Crippen LogP contribution >= 0.6 is 0 Å². The second-order valence-corrected chi connectivity index (χ2v) is 3.80. The molecule has 0 aromatic carbocycles. The van der Waals surface area contributed by atoms with Crippen LogP contribution in [0.3, 0.4) is 0 Å². The van der Waals surface area contributed by atoms with Gasteiger partial charge in [-0.05, 0) is 18.6 Å². The highest BCUT2D eigenvalue weighted by atomic mass is 19.2. The van der Waals surface area contributed by atoms with Crippen LogP contribution in [-0.2, 0) is 0 Å². The Hall–Kier alpha value is -1.39. The fourth-order valence-corrected chi connectivity index (χ4v) is 1.70. The van der Waals surface area contributed by atoms with E-state index in [0.29, 0.717) is 11.5 Å². The molecule has 1 aromatic rings. The number of aromatic nitrogens is 1. The number of hydrogen-bond acceptors (Lipinski definition) is 3. The minimum atomic E-state index is -1.44. The van der Waals surface area contributed by atoms with Crippen molar-refractivity contribution in [3.63, 3.8) is 0 Å². The van der Waals surface area contributed by atoms with E-state index in [2.05, 4.69) is 4.98 Å². The predicted molar refractivity (Wildman–Crippen MR) is 66.7 cm³/mol. The molecule has 0 amide bonds. The first-order valence-corrected chi connectivity index (χ1v) is 5.83. The van der Waals surface area contributed by atoms with Gasteiger partial charge in [0, 0.05) is 6.20 Å². The molecule has 2 unspecified atom stereocenters. The summed E-state index contributed by atoms with van der Waals surface area (Å²) >= 11 is 0. The van der Waals surface area contributed by atoms with E-state index in [-0.39, 0.29) is 13.1 Å². The van der Waals surface area contributed by atoms with Gasteiger partial charge in [-0.2, -0.15) is 0 Å². The van der Waals surface area contributed by atoms with Crippen LogP contribution in [-0.4, -0.2) is 30.4 Å². The SMILES string of the molecule is CC.Cc1ccnc(N2CC(F)C(F)C2)c1N. The lowest BCUT2D eigenvalue weighted by molar-refractivity contribution is 0.217. The van der Waals surface area contributed by atoms with Gasteiger partial charge >= 0.3 is 0 Å². The Labute approximate surface area is 101 Å². The Morgan fingerprint density at radius 3 is 2.35 bits per heavy atom. The zero-order valence-electron chi connectivity index (χ0n) is 10.5. The number of hydrogen-bond donors (Lipinski definition) is 1. The molecule has 0 radical (unpaired) electrons. The van der Waals surface area contributed by atoms with Gasteiger partial charge in [0.15, 0.2) is 18.2 Å². The number of nitrogens with zero attached hydrogens (tertiary/aromatic N) is 2. The maximum absolute atomic E-state index is 13.0. The lowest BCUT2D eigenvalue weighted by Crippen LogP contribution is -2.23. The summed E-state index contributed by atoms with van der Waals surface area (Å²) in [5.74, 6) is 0.484. The molecule has 5 heteroatoms. The molecular weight excluding hydrogens is 224 g/mol. The second-order valence-electron chi connectivity index (χ2n) is 3.80. The largest absolute Gasteiger partial charge is 0.396 e. The molecule has 1 aliphatic heterocycles. The maximum Gasteiger partial charge on any atom is 0.152 e. The number of anilines is 2. The van der Waals surface area contributed by atoms with Gasteiger partial charge in [-0.3, -0.25) is 0 Å². The average molecular weight is 243 g/mol. The lowest BCUT2D eigenvalue weighted by Gasteiger charge is -2.18. The molecule has 3 nitrogen and oxygen atoms in total. The van der Waals surface area contributed by atoms with Crippen molar-refractivity contribution in [2.24, 2.45) is 0 Å². The predicted octanol–water partition coefficient (Wildman–Crippen LogP) is 2.49. The monoisotopic (exact) mass is 243 g/mol. The van der Waals surface area contributed by atoms with Crippen molar-refractivity contribution < 1.29 is 8.78 Å². The summed E-state index contributed by atoms with van der Waals surface area (Å²) < 4.78 is 26.0. The van der Waals surface area contributed by atoms with Crippen LogP contribution in [0.2, 0.25) is 0 Å². The smallest absolute Gasteiger partial charge is 0.152 e. The number of nitrogen functional groups attached to an aromatic ring is 1. The van der Waals surface area contributed by atoms with Crippen LogP contribution < -0.4 is 10.6 Å². The summed E-state index contributed by atoms with van der Waals surface area (Å²) in [7, 11) is 0. The number of pyridine rings is 1. The molecular formula is C12H19F2N3. The Morgan fingerprint density at radius 1 is 1.29 bits per heavy atom. The van der Waals surface area contributed by atoms with Crippen LogP contribution in [0, 0.1) is 6.92 Å². The maximum atomic E-state index is 13.0. The van der Waals surface area contributed by atoms with Crippen molar-refractivity contribution in [3.05, 3.63) is 17.8 Å². The van der Waals surface area contributed by atoms with Crippen molar-refractivity contribution in [1.29, 1.82) is 0 Å². The zero-order valence-corrected chi connectivity index (χ0v) is 10.5. The topological polar surface area (TPSA) is 42.2 Å². The third-order valence-electron chi connectivity index (χ3n) is 2.67. The Morgan fingerprint density at radius 2 is 1.82 bits per heavy atom. The fraction of sp³-hybridized carbons (Fsp3) is 0.583. The molecule has 2 rings (SSSR count). The highest BCUT2D eigenvalue weighted by molar-refractivity contribution is 5.66. The number of rotatable bonds is 1. The number of nitrogens with two attached hydrogens (primary N) is 1. The normalized spacial score (nSPS) is 23.2. The third-order valence-corrected chi connectivity index (χ3v) is 2.67. The van der Waals surface area contributed by atoms with Crippen LogP contribution in [0.5, 0.6) is 0 Å². The number of halogens is 2. The van der Waals surface area contributed by atoms with Crippen molar-refractivity contribution >= 4 is 11.5 Å². The Kier molecular flexibility index (Phi) is 4.66. The minimum Gasteiger partial charge on any atom is -0.396 e. The van der Waals surface area contributed by atoms with E-state index in [9.17, 15) is 8.78 Å². The quantitative estimate of drug-likeness (QED) is 0.824. The molecule has 96 valence electrons. The molecule has 0 bridgehead atoms. The molecule has 17 heavy (non-hydrogen) atoms. The highest BCUT2D eigenvalue weighted by Gasteiger charge is 2.34. The highest BCUT2D eigenvalue weighted by Crippen LogP contribution is 2.28. The van der Waals surface area contributed by atoms with Crippen LogP contribution in [0.4, 0.5) is 20.3 Å². The zero-order chi connectivity index (χ0) is 13.0.